The molecule has 1 unspecified atom stereocenters. The van der Waals surface area contributed by atoms with Crippen LogP contribution in [0.15, 0.2) is 28.7 Å². The van der Waals surface area contributed by atoms with Crippen molar-refractivity contribution >= 4 is 15.9 Å². The summed E-state index contributed by atoms with van der Waals surface area (Å²) >= 11 is 3.44. The lowest BCUT2D eigenvalue weighted by Crippen LogP contribution is -2.27. The molecular formula is C16H26BrNO. The van der Waals surface area contributed by atoms with Crippen molar-refractivity contribution in [1.29, 1.82) is 0 Å². The van der Waals surface area contributed by atoms with Gasteiger partial charge in [-0.15, -0.1) is 0 Å². The number of ether oxygens (including phenoxy) is 1. The first-order valence-corrected chi connectivity index (χ1v) is 8.14. The largest absolute Gasteiger partial charge is 0.492 e. The van der Waals surface area contributed by atoms with Crippen LogP contribution in [0.4, 0.5) is 0 Å². The summed E-state index contributed by atoms with van der Waals surface area (Å²) in [6, 6.07) is 7.98. The Labute approximate surface area is 126 Å². The number of hydrogen-bond donors (Lipinski definition) is 1. The molecule has 1 aromatic rings. The molecule has 0 fully saturated rings. The van der Waals surface area contributed by atoms with Crippen LogP contribution >= 0.6 is 15.9 Å². The van der Waals surface area contributed by atoms with E-state index < -0.39 is 0 Å². The normalized spacial score (nSPS) is 12.4. The van der Waals surface area contributed by atoms with E-state index >= 15 is 0 Å². The van der Waals surface area contributed by atoms with Gasteiger partial charge in [-0.25, -0.2) is 0 Å². The van der Waals surface area contributed by atoms with Crippen LogP contribution in [0.3, 0.4) is 0 Å². The van der Waals surface area contributed by atoms with Crippen LogP contribution in [0.2, 0.25) is 0 Å². The van der Waals surface area contributed by atoms with Crippen LogP contribution in [0, 0.1) is 5.92 Å². The molecule has 0 radical (unpaired) electrons. The van der Waals surface area contributed by atoms with Gasteiger partial charge in [-0.05, 0) is 37.1 Å². The van der Waals surface area contributed by atoms with Crippen LogP contribution in [0.1, 0.15) is 39.5 Å². The van der Waals surface area contributed by atoms with E-state index in [1.165, 1.54) is 25.7 Å². The van der Waals surface area contributed by atoms with Gasteiger partial charge < -0.3 is 10.1 Å². The molecule has 0 bridgehead atoms. The van der Waals surface area contributed by atoms with Crippen LogP contribution < -0.4 is 10.1 Å². The van der Waals surface area contributed by atoms with E-state index in [1.54, 1.807) is 0 Å². The molecule has 0 amide bonds. The lowest BCUT2D eigenvalue weighted by atomic mass is 9.99. The maximum atomic E-state index is 5.69. The Morgan fingerprint density at radius 2 is 2.16 bits per heavy atom. The molecule has 108 valence electrons. The molecule has 0 aliphatic rings. The fourth-order valence-corrected chi connectivity index (χ4v) is 2.43. The van der Waals surface area contributed by atoms with Crippen molar-refractivity contribution in [1.82, 2.24) is 5.32 Å². The highest BCUT2D eigenvalue weighted by atomic mass is 79.9. The van der Waals surface area contributed by atoms with E-state index in [2.05, 4.69) is 35.1 Å². The molecule has 1 aromatic carbocycles. The van der Waals surface area contributed by atoms with Crippen molar-refractivity contribution in [3.63, 3.8) is 0 Å². The van der Waals surface area contributed by atoms with Crippen molar-refractivity contribution < 1.29 is 4.74 Å². The Kier molecular flexibility index (Phi) is 8.93. The standard InChI is InChI=1S/C16H26BrNO/c1-3-5-7-14(4-2)13-18-10-11-19-16-9-6-8-15(17)12-16/h6,8-9,12,14,18H,3-5,7,10-11,13H2,1-2H3. The van der Waals surface area contributed by atoms with E-state index in [1.807, 2.05) is 24.3 Å². The summed E-state index contributed by atoms with van der Waals surface area (Å²) in [5.41, 5.74) is 0. The van der Waals surface area contributed by atoms with Crippen LogP contribution in [-0.4, -0.2) is 19.7 Å². The van der Waals surface area contributed by atoms with Crippen molar-refractivity contribution in [2.45, 2.75) is 39.5 Å². The van der Waals surface area contributed by atoms with E-state index in [9.17, 15) is 0 Å². The number of rotatable bonds is 10. The number of hydrogen-bond acceptors (Lipinski definition) is 2. The highest BCUT2D eigenvalue weighted by molar-refractivity contribution is 9.10. The van der Waals surface area contributed by atoms with Crippen molar-refractivity contribution in [3.8, 4) is 5.75 Å². The average Bonchev–Trinajstić information content (AvgIpc) is 2.42. The van der Waals surface area contributed by atoms with Gasteiger partial charge in [-0.2, -0.15) is 0 Å². The van der Waals surface area contributed by atoms with Crippen molar-refractivity contribution in [3.05, 3.63) is 28.7 Å². The topological polar surface area (TPSA) is 21.3 Å². The average molecular weight is 328 g/mol. The molecule has 3 heteroatoms. The molecule has 0 aliphatic carbocycles. The Hall–Kier alpha value is -0.540. The summed E-state index contributed by atoms with van der Waals surface area (Å²) < 4.78 is 6.75. The minimum atomic E-state index is 0.723. The van der Waals surface area contributed by atoms with Gasteiger partial charge in [-0.1, -0.05) is 55.1 Å². The number of benzene rings is 1. The monoisotopic (exact) mass is 327 g/mol. The maximum absolute atomic E-state index is 5.69. The predicted octanol–water partition coefficient (Wildman–Crippen LogP) is 4.63. The van der Waals surface area contributed by atoms with E-state index in [0.29, 0.717) is 0 Å². The van der Waals surface area contributed by atoms with E-state index in [4.69, 9.17) is 4.74 Å². The van der Waals surface area contributed by atoms with Gasteiger partial charge in [0.25, 0.3) is 0 Å². The highest BCUT2D eigenvalue weighted by Crippen LogP contribution is 2.17. The molecule has 0 aliphatic heterocycles. The SMILES string of the molecule is CCCCC(CC)CNCCOc1cccc(Br)c1. The molecule has 0 spiro atoms. The summed E-state index contributed by atoms with van der Waals surface area (Å²) in [7, 11) is 0. The lowest BCUT2D eigenvalue weighted by molar-refractivity contribution is 0.305. The summed E-state index contributed by atoms with van der Waals surface area (Å²) in [6.07, 6.45) is 5.24. The second-order valence-corrected chi connectivity index (χ2v) is 5.84. The number of nitrogens with one attached hydrogen (secondary N) is 1. The van der Waals surface area contributed by atoms with E-state index in [0.717, 1.165) is 35.8 Å². The van der Waals surface area contributed by atoms with Gasteiger partial charge >= 0.3 is 0 Å². The first-order valence-electron chi connectivity index (χ1n) is 7.35. The summed E-state index contributed by atoms with van der Waals surface area (Å²) in [4.78, 5) is 0. The smallest absolute Gasteiger partial charge is 0.120 e. The summed E-state index contributed by atoms with van der Waals surface area (Å²) in [6.45, 7) is 7.28. The Bertz CT molecular complexity index is 343. The van der Waals surface area contributed by atoms with Gasteiger partial charge in [0.2, 0.25) is 0 Å². The zero-order chi connectivity index (χ0) is 13.9. The van der Waals surface area contributed by atoms with Crippen molar-refractivity contribution in [2.75, 3.05) is 19.7 Å². The zero-order valence-electron chi connectivity index (χ0n) is 12.1. The molecule has 0 saturated heterocycles. The molecular weight excluding hydrogens is 302 g/mol. The Balaban J connectivity index is 2.10. The van der Waals surface area contributed by atoms with Gasteiger partial charge in [-0.3, -0.25) is 0 Å². The van der Waals surface area contributed by atoms with E-state index in [-0.39, 0.29) is 0 Å². The first kappa shape index (κ1) is 16.5. The zero-order valence-corrected chi connectivity index (χ0v) is 13.7. The second-order valence-electron chi connectivity index (χ2n) is 4.93. The maximum Gasteiger partial charge on any atom is 0.120 e. The highest BCUT2D eigenvalue weighted by Gasteiger charge is 2.04. The molecule has 1 rings (SSSR count). The minimum Gasteiger partial charge on any atom is -0.492 e. The fraction of sp³-hybridized carbons (Fsp3) is 0.625. The number of unbranched alkanes of at least 4 members (excludes halogenated alkanes) is 1. The molecule has 1 N–H and O–H groups in total. The molecule has 0 saturated carbocycles. The van der Waals surface area contributed by atoms with Gasteiger partial charge in [0.15, 0.2) is 0 Å². The van der Waals surface area contributed by atoms with Gasteiger partial charge in [0.05, 0.1) is 0 Å². The predicted molar refractivity (Wildman–Crippen MR) is 85.8 cm³/mol. The lowest BCUT2D eigenvalue weighted by Gasteiger charge is -2.15. The summed E-state index contributed by atoms with van der Waals surface area (Å²) in [5.74, 6) is 1.74. The summed E-state index contributed by atoms with van der Waals surface area (Å²) in [5, 5.41) is 3.49. The third-order valence-corrected chi connectivity index (χ3v) is 3.81. The van der Waals surface area contributed by atoms with Gasteiger partial charge in [0, 0.05) is 11.0 Å². The molecule has 2 nitrogen and oxygen atoms in total. The molecule has 0 heterocycles. The third kappa shape index (κ3) is 7.58. The minimum absolute atomic E-state index is 0.723. The second kappa shape index (κ2) is 10.3. The third-order valence-electron chi connectivity index (χ3n) is 3.32. The Morgan fingerprint density at radius 1 is 1.32 bits per heavy atom. The van der Waals surface area contributed by atoms with Crippen molar-refractivity contribution in [2.24, 2.45) is 5.92 Å². The van der Waals surface area contributed by atoms with Gasteiger partial charge in [0.1, 0.15) is 12.4 Å². The van der Waals surface area contributed by atoms with Crippen LogP contribution in [0.25, 0.3) is 0 Å². The quantitative estimate of drug-likeness (QED) is 0.632. The molecule has 1 atom stereocenters. The van der Waals surface area contributed by atoms with Crippen LogP contribution in [0.5, 0.6) is 5.75 Å². The molecule has 0 aromatic heterocycles. The Morgan fingerprint density at radius 3 is 2.84 bits per heavy atom. The number of halogens is 1. The van der Waals surface area contributed by atoms with Crippen LogP contribution in [-0.2, 0) is 0 Å². The fourth-order valence-electron chi connectivity index (χ4n) is 2.05. The first-order chi connectivity index (χ1) is 9.26. The molecule has 19 heavy (non-hydrogen) atoms.